The first-order chi connectivity index (χ1) is 7.16. The van der Waals surface area contributed by atoms with Crippen LogP contribution in [0.25, 0.3) is 0 Å². The second-order valence-corrected chi connectivity index (χ2v) is 5.44. The Morgan fingerprint density at radius 2 is 2.07 bits per heavy atom. The number of hydrogen-bond donors (Lipinski definition) is 2. The Balaban J connectivity index is 2.07. The van der Waals surface area contributed by atoms with Gasteiger partial charge in [-0.15, -0.1) is 11.8 Å². The maximum atomic E-state index is 9.69. The predicted molar refractivity (Wildman–Crippen MR) is 64.4 cm³/mol. The molecule has 2 atom stereocenters. The molecule has 0 bridgehead atoms. The fourth-order valence-corrected chi connectivity index (χ4v) is 2.92. The summed E-state index contributed by atoms with van der Waals surface area (Å²) in [6, 6.07) is 6.48. The summed E-state index contributed by atoms with van der Waals surface area (Å²) in [4.78, 5) is 1.26. The highest BCUT2D eigenvalue weighted by molar-refractivity contribution is 8.00. The summed E-state index contributed by atoms with van der Waals surface area (Å²) in [5.74, 6) is 0. The molecule has 1 aliphatic rings. The van der Waals surface area contributed by atoms with Crippen molar-refractivity contribution in [3.63, 3.8) is 0 Å². The molecule has 1 aromatic rings. The molecule has 0 radical (unpaired) electrons. The minimum atomic E-state index is -0.211. The zero-order valence-electron chi connectivity index (χ0n) is 9.16. The minimum absolute atomic E-state index is 0.211. The summed E-state index contributed by atoms with van der Waals surface area (Å²) in [5.41, 5.74) is 2.64. The molecule has 1 saturated heterocycles. The SMILES string of the molecule is Cc1ccc(SC2CNCC2O)cc1C. The summed E-state index contributed by atoms with van der Waals surface area (Å²) >= 11 is 1.77. The lowest BCUT2D eigenvalue weighted by atomic mass is 10.1. The van der Waals surface area contributed by atoms with E-state index in [1.54, 1.807) is 11.8 Å². The lowest BCUT2D eigenvalue weighted by Crippen LogP contribution is -2.19. The Bertz CT molecular complexity index is 353. The van der Waals surface area contributed by atoms with Crippen LogP contribution in [-0.4, -0.2) is 29.5 Å². The molecular formula is C12H17NOS. The fraction of sp³-hybridized carbons (Fsp3) is 0.500. The standard InChI is InChI=1S/C12H17NOS/c1-8-3-4-10(5-9(8)2)15-12-7-13-6-11(12)14/h3-5,11-14H,6-7H2,1-2H3. The van der Waals surface area contributed by atoms with E-state index in [0.29, 0.717) is 5.25 Å². The molecule has 0 aliphatic carbocycles. The van der Waals surface area contributed by atoms with Crippen LogP contribution in [0, 0.1) is 13.8 Å². The first-order valence-electron chi connectivity index (χ1n) is 5.29. The highest BCUT2D eigenvalue weighted by atomic mass is 32.2. The molecule has 2 unspecified atom stereocenters. The van der Waals surface area contributed by atoms with Gasteiger partial charge in [0.2, 0.25) is 0 Å². The average Bonchev–Trinajstić information content (AvgIpc) is 2.59. The fourth-order valence-electron chi connectivity index (χ4n) is 1.72. The second-order valence-electron chi connectivity index (χ2n) is 4.13. The maximum Gasteiger partial charge on any atom is 0.0798 e. The van der Waals surface area contributed by atoms with Gasteiger partial charge in [0.15, 0.2) is 0 Å². The van der Waals surface area contributed by atoms with Crippen LogP contribution >= 0.6 is 11.8 Å². The topological polar surface area (TPSA) is 32.3 Å². The largest absolute Gasteiger partial charge is 0.391 e. The van der Waals surface area contributed by atoms with Gasteiger partial charge in [-0.05, 0) is 37.1 Å². The van der Waals surface area contributed by atoms with E-state index in [-0.39, 0.29) is 6.10 Å². The van der Waals surface area contributed by atoms with Gasteiger partial charge in [0, 0.05) is 23.2 Å². The highest BCUT2D eigenvalue weighted by Crippen LogP contribution is 2.28. The van der Waals surface area contributed by atoms with Crippen LogP contribution in [0.4, 0.5) is 0 Å². The molecular weight excluding hydrogens is 206 g/mol. The van der Waals surface area contributed by atoms with E-state index in [9.17, 15) is 5.11 Å². The highest BCUT2D eigenvalue weighted by Gasteiger charge is 2.25. The summed E-state index contributed by atoms with van der Waals surface area (Å²) in [6.45, 7) is 5.87. The van der Waals surface area contributed by atoms with Gasteiger partial charge in [-0.1, -0.05) is 6.07 Å². The first-order valence-corrected chi connectivity index (χ1v) is 6.17. The maximum absolute atomic E-state index is 9.69. The van der Waals surface area contributed by atoms with Crippen molar-refractivity contribution in [2.45, 2.75) is 30.1 Å². The van der Waals surface area contributed by atoms with Crippen LogP contribution in [0.3, 0.4) is 0 Å². The van der Waals surface area contributed by atoms with E-state index in [0.717, 1.165) is 13.1 Å². The lowest BCUT2D eigenvalue weighted by Gasteiger charge is -2.13. The van der Waals surface area contributed by atoms with Crippen molar-refractivity contribution in [1.82, 2.24) is 5.32 Å². The molecule has 82 valence electrons. The number of aliphatic hydroxyl groups is 1. The summed E-state index contributed by atoms with van der Waals surface area (Å²) in [7, 11) is 0. The van der Waals surface area contributed by atoms with Crippen molar-refractivity contribution in [3.05, 3.63) is 29.3 Å². The van der Waals surface area contributed by atoms with Gasteiger partial charge in [-0.25, -0.2) is 0 Å². The van der Waals surface area contributed by atoms with E-state index >= 15 is 0 Å². The van der Waals surface area contributed by atoms with Crippen molar-refractivity contribution in [2.24, 2.45) is 0 Å². The molecule has 15 heavy (non-hydrogen) atoms. The monoisotopic (exact) mass is 223 g/mol. The number of hydrogen-bond acceptors (Lipinski definition) is 3. The predicted octanol–water partition coefficient (Wildman–Crippen LogP) is 1.73. The van der Waals surface area contributed by atoms with E-state index < -0.39 is 0 Å². The van der Waals surface area contributed by atoms with Gasteiger partial charge in [0.25, 0.3) is 0 Å². The molecule has 1 aromatic carbocycles. The van der Waals surface area contributed by atoms with Crippen molar-refractivity contribution in [2.75, 3.05) is 13.1 Å². The van der Waals surface area contributed by atoms with E-state index in [4.69, 9.17) is 0 Å². The summed E-state index contributed by atoms with van der Waals surface area (Å²) < 4.78 is 0. The van der Waals surface area contributed by atoms with Gasteiger partial charge < -0.3 is 10.4 Å². The Hall–Kier alpha value is -0.510. The average molecular weight is 223 g/mol. The number of β-amino-alcohol motifs (C(OH)–C–C–N with tert-alkyl or cyclic N) is 1. The molecule has 3 heteroatoms. The number of aliphatic hydroxyl groups excluding tert-OH is 1. The van der Waals surface area contributed by atoms with Gasteiger partial charge in [0.05, 0.1) is 6.10 Å². The molecule has 1 aliphatic heterocycles. The Labute approximate surface area is 95.1 Å². The van der Waals surface area contributed by atoms with Crippen LogP contribution in [-0.2, 0) is 0 Å². The third-order valence-electron chi connectivity index (χ3n) is 2.89. The summed E-state index contributed by atoms with van der Waals surface area (Å²) in [5, 5.41) is 13.2. The molecule has 0 aromatic heterocycles. The van der Waals surface area contributed by atoms with Gasteiger partial charge in [0.1, 0.15) is 0 Å². The zero-order chi connectivity index (χ0) is 10.8. The number of thioether (sulfide) groups is 1. The molecule has 2 N–H and O–H groups in total. The number of rotatable bonds is 2. The Kier molecular flexibility index (Phi) is 3.34. The van der Waals surface area contributed by atoms with Crippen molar-refractivity contribution in [1.29, 1.82) is 0 Å². The van der Waals surface area contributed by atoms with Crippen LogP contribution in [0.5, 0.6) is 0 Å². The number of nitrogens with one attached hydrogen (secondary N) is 1. The van der Waals surface area contributed by atoms with E-state index in [1.165, 1.54) is 16.0 Å². The van der Waals surface area contributed by atoms with Crippen molar-refractivity contribution in [3.8, 4) is 0 Å². The van der Waals surface area contributed by atoms with Crippen LogP contribution in [0.1, 0.15) is 11.1 Å². The number of aryl methyl sites for hydroxylation is 2. The smallest absolute Gasteiger partial charge is 0.0798 e. The van der Waals surface area contributed by atoms with Crippen LogP contribution in [0.2, 0.25) is 0 Å². The van der Waals surface area contributed by atoms with Gasteiger partial charge in [-0.3, -0.25) is 0 Å². The summed E-state index contributed by atoms with van der Waals surface area (Å²) in [6.07, 6.45) is -0.211. The molecule has 0 saturated carbocycles. The minimum Gasteiger partial charge on any atom is -0.391 e. The van der Waals surface area contributed by atoms with E-state index in [2.05, 4.69) is 37.4 Å². The number of benzene rings is 1. The normalized spacial score (nSPS) is 25.8. The molecule has 0 amide bonds. The quantitative estimate of drug-likeness (QED) is 0.801. The molecule has 1 heterocycles. The van der Waals surface area contributed by atoms with Crippen LogP contribution < -0.4 is 5.32 Å². The lowest BCUT2D eigenvalue weighted by molar-refractivity contribution is 0.201. The third-order valence-corrected chi connectivity index (χ3v) is 4.20. The zero-order valence-corrected chi connectivity index (χ0v) is 9.97. The molecule has 2 rings (SSSR count). The molecule has 0 spiro atoms. The van der Waals surface area contributed by atoms with Crippen LogP contribution in [0.15, 0.2) is 23.1 Å². The first kappa shape index (κ1) is 11.0. The van der Waals surface area contributed by atoms with Crippen molar-refractivity contribution >= 4 is 11.8 Å². The van der Waals surface area contributed by atoms with Gasteiger partial charge >= 0.3 is 0 Å². The Morgan fingerprint density at radius 3 is 2.67 bits per heavy atom. The van der Waals surface area contributed by atoms with Crippen molar-refractivity contribution < 1.29 is 5.11 Å². The Morgan fingerprint density at radius 1 is 1.27 bits per heavy atom. The molecule has 2 nitrogen and oxygen atoms in total. The van der Waals surface area contributed by atoms with Gasteiger partial charge in [-0.2, -0.15) is 0 Å². The second kappa shape index (κ2) is 4.56. The third kappa shape index (κ3) is 2.54. The van der Waals surface area contributed by atoms with E-state index in [1.807, 2.05) is 0 Å². The molecule has 1 fully saturated rings.